The molecule has 0 aliphatic heterocycles. The third kappa shape index (κ3) is 2.55. The Labute approximate surface area is 108 Å². The molecule has 96 valence electrons. The van der Waals surface area contributed by atoms with E-state index < -0.39 is 0 Å². The molecule has 3 nitrogen and oxygen atoms in total. The molecule has 2 rings (SSSR count). The van der Waals surface area contributed by atoms with Crippen molar-refractivity contribution in [1.82, 2.24) is 5.32 Å². The van der Waals surface area contributed by atoms with Crippen LogP contribution in [0.5, 0.6) is 5.75 Å². The number of ether oxygens (including phenoxy) is 1. The molecule has 0 aromatic heterocycles. The minimum atomic E-state index is -0.115. The van der Waals surface area contributed by atoms with Crippen LogP contribution in [0.4, 0.5) is 0 Å². The predicted molar refractivity (Wildman–Crippen MR) is 71.6 cm³/mol. The highest BCUT2D eigenvalue weighted by Crippen LogP contribution is 2.34. The lowest BCUT2D eigenvalue weighted by Crippen LogP contribution is -2.31. The van der Waals surface area contributed by atoms with Crippen molar-refractivity contribution in [3.05, 3.63) is 42.0 Å². The van der Waals surface area contributed by atoms with E-state index in [0.717, 1.165) is 18.6 Å². The van der Waals surface area contributed by atoms with Crippen molar-refractivity contribution in [2.45, 2.75) is 25.8 Å². The SMILES string of the molecule is C=CC(=O)NC1CC(C)Cc2cc(OC)ccc21. The molecule has 1 aromatic rings. The third-order valence-electron chi connectivity index (χ3n) is 3.43. The maximum atomic E-state index is 11.5. The minimum Gasteiger partial charge on any atom is -0.497 e. The number of nitrogens with one attached hydrogen (secondary N) is 1. The molecular weight excluding hydrogens is 226 g/mol. The van der Waals surface area contributed by atoms with Crippen LogP contribution in [0.2, 0.25) is 0 Å². The molecule has 0 saturated heterocycles. The summed E-state index contributed by atoms with van der Waals surface area (Å²) in [4.78, 5) is 11.5. The van der Waals surface area contributed by atoms with Gasteiger partial charge in [0.25, 0.3) is 0 Å². The first-order valence-corrected chi connectivity index (χ1v) is 6.23. The van der Waals surface area contributed by atoms with E-state index in [4.69, 9.17) is 4.74 Å². The Morgan fingerprint density at radius 3 is 3.00 bits per heavy atom. The summed E-state index contributed by atoms with van der Waals surface area (Å²) < 4.78 is 5.25. The molecule has 1 aliphatic rings. The second kappa shape index (κ2) is 5.25. The van der Waals surface area contributed by atoms with Crippen LogP contribution in [0, 0.1) is 5.92 Å². The Morgan fingerprint density at radius 2 is 2.33 bits per heavy atom. The number of amides is 1. The number of methoxy groups -OCH3 is 1. The summed E-state index contributed by atoms with van der Waals surface area (Å²) in [6.45, 7) is 5.70. The van der Waals surface area contributed by atoms with Crippen LogP contribution in [0.3, 0.4) is 0 Å². The van der Waals surface area contributed by atoms with E-state index in [9.17, 15) is 4.79 Å². The van der Waals surface area contributed by atoms with Gasteiger partial charge in [0.05, 0.1) is 13.2 Å². The van der Waals surface area contributed by atoms with Crippen LogP contribution in [0.15, 0.2) is 30.9 Å². The second-order valence-corrected chi connectivity index (χ2v) is 4.88. The average molecular weight is 245 g/mol. The second-order valence-electron chi connectivity index (χ2n) is 4.88. The number of carbonyl (C=O) groups excluding carboxylic acids is 1. The molecule has 1 amide bonds. The van der Waals surface area contributed by atoms with E-state index in [-0.39, 0.29) is 11.9 Å². The lowest BCUT2D eigenvalue weighted by atomic mass is 9.81. The fraction of sp³-hybridized carbons (Fsp3) is 0.400. The van der Waals surface area contributed by atoms with E-state index in [1.807, 2.05) is 12.1 Å². The highest BCUT2D eigenvalue weighted by atomic mass is 16.5. The summed E-state index contributed by atoms with van der Waals surface area (Å²) >= 11 is 0. The summed E-state index contributed by atoms with van der Waals surface area (Å²) in [6.07, 6.45) is 3.33. The zero-order chi connectivity index (χ0) is 13.1. The molecule has 2 unspecified atom stereocenters. The molecule has 2 atom stereocenters. The Kier molecular flexibility index (Phi) is 3.70. The fourth-order valence-corrected chi connectivity index (χ4v) is 2.58. The minimum absolute atomic E-state index is 0.0835. The van der Waals surface area contributed by atoms with Crippen molar-refractivity contribution in [2.75, 3.05) is 7.11 Å². The Balaban J connectivity index is 2.30. The van der Waals surface area contributed by atoms with Crippen LogP contribution in [-0.2, 0) is 11.2 Å². The van der Waals surface area contributed by atoms with E-state index in [1.54, 1.807) is 7.11 Å². The first kappa shape index (κ1) is 12.7. The van der Waals surface area contributed by atoms with Gasteiger partial charge in [0.1, 0.15) is 5.75 Å². The van der Waals surface area contributed by atoms with Gasteiger partial charge in [-0.05, 0) is 48.1 Å². The van der Waals surface area contributed by atoms with Gasteiger partial charge in [-0.25, -0.2) is 0 Å². The van der Waals surface area contributed by atoms with Crippen molar-refractivity contribution >= 4 is 5.91 Å². The summed E-state index contributed by atoms with van der Waals surface area (Å²) in [6, 6.07) is 6.15. The highest BCUT2D eigenvalue weighted by molar-refractivity contribution is 5.87. The summed E-state index contributed by atoms with van der Waals surface area (Å²) in [5.41, 5.74) is 2.46. The van der Waals surface area contributed by atoms with Gasteiger partial charge in [0, 0.05) is 0 Å². The van der Waals surface area contributed by atoms with Gasteiger partial charge in [-0.1, -0.05) is 19.6 Å². The fourth-order valence-electron chi connectivity index (χ4n) is 2.58. The maximum absolute atomic E-state index is 11.5. The first-order valence-electron chi connectivity index (χ1n) is 6.23. The largest absolute Gasteiger partial charge is 0.497 e. The highest BCUT2D eigenvalue weighted by Gasteiger charge is 2.25. The quantitative estimate of drug-likeness (QED) is 0.831. The van der Waals surface area contributed by atoms with Gasteiger partial charge in [0.15, 0.2) is 0 Å². The smallest absolute Gasteiger partial charge is 0.243 e. The molecule has 18 heavy (non-hydrogen) atoms. The van der Waals surface area contributed by atoms with Crippen LogP contribution < -0.4 is 10.1 Å². The summed E-state index contributed by atoms with van der Waals surface area (Å²) in [7, 11) is 1.67. The van der Waals surface area contributed by atoms with Crippen LogP contribution in [-0.4, -0.2) is 13.0 Å². The van der Waals surface area contributed by atoms with Crippen molar-refractivity contribution in [3.63, 3.8) is 0 Å². The molecular formula is C15H19NO2. The standard InChI is InChI=1S/C15H19NO2/c1-4-15(17)16-14-8-10(2)7-11-9-12(18-3)5-6-13(11)14/h4-6,9-10,14H,1,7-8H2,2-3H3,(H,16,17). The Hall–Kier alpha value is -1.77. The monoisotopic (exact) mass is 245 g/mol. The van der Waals surface area contributed by atoms with Crippen molar-refractivity contribution < 1.29 is 9.53 Å². The zero-order valence-corrected chi connectivity index (χ0v) is 10.9. The van der Waals surface area contributed by atoms with Gasteiger partial charge >= 0.3 is 0 Å². The third-order valence-corrected chi connectivity index (χ3v) is 3.43. The molecule has 0 radical (unpaired) electrons. The topological polar surface area (TPSA) is 38.3 Å². The molecule has 0 spiro atoms. The van der Waals surface area contributed by atoms with Gasteiger partial charge in [-0.2, -0.15) is 0 Å². The first-order chi connectivity index (χ1) is 8.63. The lowest BCUT2D eigenvalue weighted by molar-refractivity contribution is -0.117. The van der Waals surface area contributed by atoms with Crippen molar-refractivity contribution in [2.24, 2.45) is 5.92 Å². The molecule has 1 N–H and O–H groups in total. The molecule has 0 saturated carbocycles. The van der Waals surface area contributed by atoms with Crippen LogP contribution >= 0.6 is 0 Å². The summed E-state index contributed by atoms with van der Waals surface area (Å²) in [5, 5.41) is 2.99. The zero-order valence-electron chi connectivity index (χ0n) is 10.9. The number of hydrogen-bond acceptors (Lipinski definition) is 2. The van der Waals surface area contributed by atoms with Gasteiger partial charge in [-0.3, -0.25) is 4.79 Å². The van der Waals surface area contributed by atoms with E-state index in [2.05, 4.69) is 24.9 Å². The molecule has 1 aromatic carbocycles. The maximum Gasteiger partial charge on any atom is 0.243 e. The number of carbonyl (C=O) groups is 1. The van der Waals surface area contributed by atoms with Gasteiger partial charge in [-0.15, -0.1) is 0 Å². The molecule has 0 fully saturated rings. The van der Waals surface area contributed by atoms with Gasteiger partial charge in [0.2, 0.25) is 5.91 Å². The van der Waals surface area contributed by atoms with Crippen LogP contribution in [0.1, 0.15) is 30.5 Å². The van der Waals surface area contributed by atoms with Crippen LogP contribution in [0.25, 0.3) is 0 Å². The molecule has 1 aliphatic carbocycles. The van der Waals surface area contributed by atoms with E-state index in [1.165, 1.54) is 17.2 Å². The number of fused-ring (bicyclic) bond motifs is 1. The average Bonchev–Trinajstić information content (AvgIpc) is 2.37. The van der Waals surface area contributed by atoms with E-state index >= 15 is 0 Å². The summed E-state index contributed by atoms with van der Waals surface area (Å²) in [5.74, 6) is 1.31. The lowest BCUT2D eigenvalue weighted by Gasteiger charge is -2.30. The molecule has 0 bridgehead atoms. The van der Waals surface area contributed by atoms with Crippen molar-refractivity contribution in [3.8, 4) is 5.75 Å². The van der Waals surface area contributed by atoms with Gasteiger partial charge < -0.3 is 10.1 Å². The Bertz CT molecular complexity index is 468. The molecule has 3 heteroatoms. The number of hydrogen-bond donors (Lipinski definition) is 1. The number of rotatable bonds is 3. The van der Waals surface area contributed by atoms with Crippen molar-refractivity contribution in [1.29, 1.82) is 0 Å². The Morgan fingerprint density at radius 1 is 1.56 bits per heavy atom. The predicted octanol–water partition coefficient (Wildman–Crippen LogP) is 2.62. The molecule has 0 heterocycles. The normalized spacial score (nSPS) is 21.9. The number of benzene rings is 1. The van der Waals surface area contributed by atoms with E-state index in [0.29, 0.717) is 5.92 Å².